The molecule has 0 fully saturated rings. The Kier molecular flexibility index (Phi) is 6.82. The van der Waals surface area contributed by atoms with Gasteiger partial charge in [0.05, 0.1) is 29.9 Å². The molecule has 0 atom stereocenters. The lowest BCUT2D eigenvalue weighted by Gasteiger charge is -2.11. The second-order valence-corrected chi connectivity index (χ2v) is 8.14. The highest BCUT2D eigenvalue weighted by Gasteiger charge is 2.12. The van der Waals surface area contributed by atoms with Crippen molar-refractivity contribution in [3.05, 3.63) is 90.5 Å². The number of aryl methyl sites for hydroxylation is 1. The molecule has 6 heteroatoms. The Morgan fingerprint density at radius 1 is 0.875 bits per heavy atom. The van der Waals surface area contributed by atoms with Crippen molar-refractivity contribution < 1.29 is 9.53 Å². The molecule has 1 aromatic heterocycles. The number of benzene rings is 3. The Labute approximate surface area is 191 Å². The van der Waals surface area contributed by atoms with Crippen LogP contribution in [0.25, 0.3) is 22.5 Å². The van der Waals surface area contributed by atoms with Crippen molar-refractivity contribution in [2.24, 2.45) is 0 Å². The molecular weight excluding hydrogens is 418 g/mol. The van der Waals surface area contributed by atoms with Gasteiger partial charge in [-0.05, 0) is 30.7 Å². The lowest BCUT2D eigenvalue weighted by molar-refractivity contribution is -0.113. The first-order valence-corrected chi connectivity index (χ1v) is 11.2. The molecule has 160 valence electrons. The molecule has 0 spiro atoms. The van der Waals surface area contributed by atoms with Crippen molar-refractivity contribution in [2.45, 2.75) is 12.1 Å². The summed E-state index contributed by atoms with van der Waals surface area (Å²) in [5.74, 6) is 0.667. The fourth-order valence-electron chi connectivity index (χ4n) is 3.24. The van der Waals surface area contributed by atoms with Crippen molar-refractivity contribution >= 4 is 23.4 Å². The molecule has 0 aliphatic heterocycles. The summed E-state index contributed by atoms with van der Waals surface area (Å²) in [6.45, 7) is 1.97. The van der Waals surface area contributed by atoms with Gasteiger partial charge in [0.15, 0.2) is 5.16 Å². The summed E-state index contributed by atoms with van der Waals surface area (Å²) in [6, 6.07) is 27.6. The minimum Gasteiger partial charge on any atom is -0.495 e. The van der Waals surface area contributed by atoms with Gasteiger partial charge in [-0.1, -0.05) is 78.5 Å². The summed E-state index contributed by atoms with van der Waals surface area (Å²) in [5.41, 5.74) is 5.35. The first kappa shape index (κ1) is 21.6. The molecule has 0 radical (unpaired) electrons. The largest absolute Gasteiger partial charge is 0.495 e. The third kappa shape index (κ3) is 5.34. The molecule has 1 N–H and O–H groups in total. The minimum absolute atomic E-state index is 0.145. The van der Waals surface area contributed by atoms with Crippen molar-refractivity contribution in [3.63, 3.8) is 0 Å². The molecule has 0 saturated carbocycles. The first-order valence-electron chi connectivity index (χ1n) is 10.2. The lowest BCUT2D eigenvalue weighted by atomic mass is 10.1. The van der Waals surface area contributed by atoms with Crippen LogP contribution in [0.2, 0.25) is 0 Å². The summed E-state index contributed by atoms with van der Waals surface area (Å²) < 4.78 is 5.35. The fourth-order valence-corrected chi connectivity index (χ4v) is 3.90. The number of carbonyl (C=O) groups excluding carboxylic acids is 1. The van der Waals surface area contributed by atoms with Crippen LogP contribution in [0.5, 0.6) is 5.75 Å². The molecule has 0 unspecified atom stereocenters. The van der Waals surface area contributed by atoms with Gasteiger partial charge in [0.2, 0.25) is 5.91 Å². The molecule has 0 bridgehead atoms. The maximum Gasteiger partial charge on any atom is 0.234 e. The van der Waals surface area contributed by atoms with Crippen molar-refractivity contribution in [3.8, 4) is 28.3 Å². The average molecular weight is 442 g/mol. The maximum atomic E-state index is 12.6. The minimum atomic E-state index is -0.145. The SMILES string of the molecule is COc1ccc(C)cc1NC(=O)CSc1nc(-c2ccccc2)cc(-c2ccccc2)n1. The van der Waals surface area contributed by atoms with E-state index in [9.17, 15) is 4.79 Å². The van der Waals surface area contributed by atoms with E-state index in [2.05, 4.69) is 5.32 Å². The standard InChI is InChI=1S/C26H23N3O2S/c1-18-13-14-24(31-2)23(15-18)27-25(30)17-32-26-28-21(19-9-5-3-6-10-19)16-22(29-26)20-11-7-4-8-12-20/h3-16H,17H2,1-2H3,(H,27,30). The van der Waals surface area contributed by atoms with Crippen LogP contribution in [0.4, 0.5) is 5.69 Å². The molecule has 4 rings (SSSR count). The fraction of sp³-hybridized carbons (Fsp3) is 0.115. The van der Waals surface area contributed by atoms with Gasteiger partial charge in [-0.25, -0.2) is 9.97 Å². The van der Waals surface area contributed by atoms with E-state index in [0.29, 0.717) is 16.6 Å². The molecule has 3 aromatic carbocycles. The van der Waals surface area contributed by atoms with Crippen LogP contribution in [0, 0.1) is 6.92 Å². The summed E-state index contributed by atoms with van der Waals surface area (Å²) in [4.78, 5) is 22.0. The normalized spacial score (nSPS) is 10.6. The molecule has 5 nitrogen and oxygen atoms in total. The van der Waals surface area contributed by atoms with Crippen LogP contribution in [0.1, 0.15) is 5.56 Å². The van der Waals surface area contributed by atoms with E-state index in [-0.39, 0.29) is 11.7 Å². The molecule has 0 aliphatic carbocycles. The smallest absolute Gasteiger partial charge is 0.234 e. The van der Waals surface area contributed by atoms with E-state index < -0.39 is 0 Å². The van der Waals surface area contributed by atoms with Gasteiger partial charge >= 0.3 is 0 Å². The summed E-state index contributed by atoms with van der Waals surface area (Å²) in [7, 11) is 1.59. The Morgan fingerprint density at radius 3 is 2.03 bits per heavy atom. The Balaban J connectivity index is 1.56. The van der Waals surface area contributed by atoms with Gasteiger partial charge in [0.25, 0.3) is 0 Å². The highest BCUT2D eigenvalue weighted by atomic mass is 32.2. The monoisotopic (exact) mass is 441 g/mol. The molecule has 1 heterocycles. The van der Waals surface area contributed by atoms with Gasteiger partial charge in [-0.2, -0.15) is 0 Å². The topological polar surface area (TPSA) is 64.1 Å². The number of hydrogen-bond donors (Lipinski definition) is 1. The van der Waals surface area contributed by atoms with Crippen LogP contribution >= 0.6 is 11.8 Å². The number of thioether (sulfide) groups is 1. The predicted molar refractivity (Wildman–Crippen MR) is 130 cm³/mol. The summed E-state index contributed by atoms with van der Waals surface area (Å²) in [5, 5.41) is 3.48. The molecular formula is C26H23N3O2S. The number of rotatable bonds is 7. The summed E-state index contributed by atoms with van der Waals surface area (Å²) in [6.07, 6.45) is 0. The highest BCUT2D eigenvalue weighted by molar-refractivity contribution is 7.99. The van der Waals surface area contributed by atoms with Gasteiger partial charge in [0.1, 0.15) is 5.75 Å². The quantitative estimate of drug-likeness (QED) is 0.287. The summed E-state index contributed by atoms with van der Waals surface area (Å²) >= 11 is 1.31. The van der Waals surface area contributed by atoms with E-state index in [1.807, 2.05) is 91.9 Å². The van der Waals surface area contributed by atoms with Crippen LogP contribution in [0.3, 0.4) is 0 Å². The van der Waals surface area contributed by atoms with E-state index in [4.69, 9.17) is 14.7 Å². The molecule has 0 saturated heterocycles. The van der Waals surface area contributed by atoms with Crippen LogP contribution in [-0.4, -0.2) is 28.7 Å². The Morgan fingerprint density at radius 2 is 1.47 bits per heavy atom. The van der Waals surface area contributed by atoms with E-state index in [1.54, 1.807) is 7.11 Å². The number of hydrogen-bond acceptors (Lipinski definition) is 5. The zero-order chi connectivity index (χ0) is 22.3. The van der Waals surface area contributed by atoms with Crippen molar-refractivity contribution in [2.75, 3.05) is 18.2 Å². The van der Waals surface area contributed by atoms with Crippen molar-refractivity contribution in [1.29, 1.82) is 0 Å². The number of ether oxygens (including phenoxy) is 1. The Bertz CT molecular complexity index is 1160. The zero-order valence-electron chi connectivity index (χ0n) is 17.9. The van der Waals surface area contributed by atoms with Gasteiger partial charge in [-0.3, -0.25) is 4.79 Å². The number of anilines is 1. The van der Waals surface area contributed by atoms with Crippen LogP contribution in [-0.2, 0) is 4.79 Å². The number of aromatic nitrogens is 2. The second kappa shape index (κ2) is 10.1. The lowest BCUT2D eigenvalue weighted by Crippen LogP contribution is -2.15. The third-order valence-corrected chi connectivity index (χ3v) is 5.65. The molecule has 32 heavy (non-hydrogen) atoms. The van der Waals surface area contributed by atoms with E-state index in [1.165, 1.54) is 11.8 Å². The predicted octanol–water partition coefficient (Wildman–Crippen LogP) is 5.86. The number of amides is 1. The van der Waals surface area contributed by atoms with E-state index in [0.717, 1.165) is 28.1 Å². The van der Waals surface area contributed by atoms with Gasteiger partial charge in [-0.15, -0.1) is 0 Å². The number of nitrogens with one attached hydrogen (secondary N) is 1. The maximum absolute atomic E-state index is 12.6. The number of methoxy groups -OCH3 is 1. The molecule has 1 amide bonds. The third-order valence-electron chi connectivity index (χ3n) is 4.81. The van der Waals surface area contributed by atoms with Gasteiger partial charge in [0, 0.05) is 11.1 Å². The Hall–Kier alpha value is -3.64. The van der Waals surface area contributed by atoms with E-state index >= 15 is 0 Å². The number of nitrogens with zero attached hydrogens (tertiary/aromatic N) is 2. The van der Waals surface area contributed by atoms with Gasteiger partial charge < -0.3 is 10.1 Å². The zero-order valence-corrected chi connectivity index (χ0v) is 18.7. The van der Waals surface area contributed by atoms with Crippen molar-refractivity contribution in [1.82, 2.24) is 9.97 Å². The first-order chi connectivity index (χ1) is 15.6. The van der Waals surface area contributed by atoms with Crippen LogP contribution in [0.15, 0.2) is 90.1 Å². The average Bonchev–Trinajstić information content (AvgIpc) is 2.84. The molecule has 4 aromatic rings. The molecule has 0 aliphatic rings. The number of carbonyl (C=O) groups is 1. The highest BCUT2D eigenvalue weighted by Crippen LogP contribution is 2.28. The second-order valence-electron chi connectivity index (χ2n) is 7.19. The van der Waals surface area contributed by atoms with Crippen LogP contribution < -0.4 is 10.1 Å².